The highest BCUT2D eigenvalue weighted by molar-refractivity contribution is 5.36. The number of halogens is 3. The van der Waals surface area contributed by atoms with Crippen molar-refractivity contribution in [2.75, 3.05) is 20.3 Å². The molecule has 2 unspecified atom stereocenters. The van der Waals surface area contributed by atoms with Gasteiger partial charge in [-0.2, -0.15) is 13.2 Å². The van der Waals surface area contributed by atoms with Crippen LogP contribution in [0, 0.1) is 6.92 Å². The molecule has 2 heterocycles. The lowest BCUT2D eigenvalue weighted by Gasteiger charge is -2.50. The summed E-state index contributed by atoms with van der Waals surface area (Å²) >= 11 is 0. The largest absolute Gasteiger partial charge is 0.416 e. The number of piperidine rings is 1. The van der Waals surface area contributed by atoms with Crippen molar-refractivity contribution in [3.8, 4) is 0 Å². The van der Waals surface area contributed by atoms with Gasteiger partial charge in [0.25, 0.3) is 0 Å². The van der Waals surface area contributed by atoms with Gasteiger partial charge in [0.05, 0.1) is 24.4 Å². The molecule has 1 aromatic carbocycles. The van der Waals surface area contributed by atoms with Crippen molar-refractivity contribution in [1.29, 1.82) is 0 Å². The van der Waals surface area contributed by atoms with Crippen LogP contribution in [0.1, 0.15) is 29.5 Å². The van der Waals surface area contributed by atoms with Crippen LogP contribution in [0.2, 0.25) is 0 Å². The first-order valence-corrected chi connectivity index (χ1v) is 7.41. The molecule has 0 aliphatic carbocycles. The van der Waals surface area contributed by atoms with E-state index in [9.17, 15) is 18.3 Å². The van der Waals surface area contributed by atoms with Gasteiger partial charge in [-0.3, -0.25) is 4.90 Å². The molecule has 3 rings (SSSR count). The van der Waals surface area contributed by atoms with Crippen molar-refractivity contribution in [3.63, 3.8) is 0 Å². The van der Waals surface area contributed by atoms with E-state index in [0.717, 1.165) is 6.07 Å². The van der Waals surface area contributed by atoms with Crippen molar-refractivity contribution >= 4 is 0 Å². The Morgan fingerprint density at radius 1 is 1.23 bits per heavy atom. The van der Waals surface area contributed by atoms with Crippen molar-refractivity contribution in [3.05, 3.63) is 34.9 Å². The summed E-state index contributed by atoms with van der Waals surface area (Å²) in [6.07, 6.45) is -3.40. The van der Waals surface area contributed by atoms with Gasteiger partial charge in [0.1, 0.15) is 0 Å². The third-order valence-corrected chi connectivity index (χ3v) is 4.99. The predicted molar refractivity (Wildman–Crippen MR) is 75.5 cm³/mol. The molecular weight excluding hydrogens is 295 g/mol. The zero-order valence-electron chi connectivity index (χ0n) is 12.7. The van der Waals surface area contributed by atoms with Gasteiger partial charge < -0.3 is 9.84 Å². The lowest BCUT2D eigenvalue weighted by Crippen LogP contribution is -2.59. The second-order valence-electron chi connectivity index (χ2n) is 6.48. The Hall–Kier alpha value is -1.11. The number of ether oxygens (including phenoxy) is 1. The molecule has 0 radical (unpaired) electrons. The number of aliphatic hydroxyl groups is 1. The van der Waals surface area contributed by atoms with Crippen LogP contribution in [0.15, 0.2) is 18.2 Å². The van der Waals surface area contributed by atoms with E-state index in [0.29, 0.717) is 31.6 Å². The third-order valence-electron chi connectivity index (χ3n) is 4.99. The summed E-state index contributed by atoms with van der Waals surface area (Å²) in [5, 5.41) is 11.0. The maximum absolute atomic E-state index is 12.9. The van der Waals surface area contributed by atoms with E-state index in [4.69, 9.17) is 4.74 Å². The molecule has 22 heavy (non-hydrogen) atoms. The first-order chi connectivity index (χ1) is 10.2. The molecule has 2 atom stereocenters. The smallest absolute Gasteiger partial charge is 0.385 e. The normalized spacial score (nSPS) is 33.0. The van der Waals surface area contributed by atoms with E-state index in [1.807, 2.05) is 7.05 Å². The van der Waals surface area contributed by atoms with Crippen LogP contribution >= 0.6 is 0 Å². The van der Waals surface area contributed by atoms with Crippen LogP contribution < -0.4 is 0 Å². The fraction of sp³-hybridized carbons (Fsp3) is 0.625. The summed E-state index contributed by atoms with van der Waals surface area (Å²) in [5.41, 5.74) is -1.00. The molecule has 3 nitrogen and oxygen atoms in total. The Morgan fingerprint density at radius 2 is 1.82 bits per heavy atom. The molecule has 6 heteroatoms. The van der Waals surface area contributed by atoms with Crippen molar-refractivity contribution in [1.82, 2.24) is 4.90 Å². The molecule has 2 saturated heterocycles. The average molecular weight is 315 g/mol. The SMILES string of the molecule is Cc1cc(C2(O)CC3COCC(C2)N3C)ccc1C(F)(F)F. The number of alkyl halides is 3. The van der Waals surface area contributed by atoms with E-state index in [-0.39, 0.29) is 17.6 Å². The zero-order chi connectivity index (χ0) is 16.1. The van der Waals surface area contributed by atoms with Crippen LogP contribution in [0.3, 0.4) is 0 Å². The minimum Gasteiger partial charge on any atom is -0.385 e. The van der Waals surface area contributed by atoms with Gasteiger partial charge in [-0.05, 0) is 44.0 Å². The summed E-state index contributed by atoms with van der Waals surface area (Å²) < 4.78 is 44.1. The summed E-state index contributed by atoms with van der Waals surface area (Å²) in [4.78, 5) is 2.20. The van der Waals surface area contributed by atoms with Crippen LogP contribution in [-0.2, 0) is 16.5 Å². The van der Waals surface area contributed by atoms with E-state index >= 15 is 0 Å². The predicted octanol–water partition coefficient (Wildman–Crippen LogP) is 2.69. The van der Waals surface area contributed by atoms with Crippen LogP contribution in [0.4, 0.5) is 13.2 Å². The topological polar surface area (TPSA) is 32.7 Å². The lowest BCUT2D eigenvalue weighted by atomic mass is 9.76. The summed E-state index contributed by atoms with van der Waals surface area (Å²) in [5.74, 6) is 0. The first kappa shape index (κ1) is 15.8. The minimum atomic E-state index is -4.36. The molecule has 2 aliphatic rings. The molecular formula is C16H20F3NO2. The molecule has 0 saturated carbocycles. The number of hydrogen-bond acceptors (Lipinski definition) is 3. The highest BCUT2D eigenvalue weighted by atomic mass is 19.4. The standard InChI is InChI=1S/C16H20F3NO2/c1-10-5-11(3-4-14(10)16(17,18)19)15(21)6-12-8-22-9-13(7-15)20(12)2/h3-5,12-13,21H,6-9H2,1-2H3. The highest BCUT2D eigenvalue weighted by Crippen LogP contribution is 2.42. The van der Waals surface area contributed by atoms with Gasteiger partial charge in [0, 0.05) is 12.1 Å². The van der Waals surface area contributed by atoms with Crippen molar-refractivity contribution in [2.45, 2.75) is 43.6 Å². The van der Waals surface area contributed by atoms with Gasteiger partial charge in [0.2, 0.25) is 0 Å². The van der Waals surface area contributed by atoms with E-state index in [1.54, 1.807) is 0 Å². The fourth-order valence-electron chi connectivity index (χ4n) is 3.65. The second kappa shape index (κ2) is 5.22. The number of rotatable bonds is 1. The minimum absolute atomic E-state index is 0.0973. The monoisotopic (exact) mass is 315 g/mol. The van der Waals surface area contributed by atoms with Gasteiger partial charge in [-0.25, -0.2) is 0 Å². The molecule has 1 N–H and O–H groups in total. The molecule has 1 aromatic rings. The van der Waals surface area contributed by atoms with E-state index in [1.165, 1.54) is 19.1 Å². The van der Waals surface area contributed by atoms with Crippen molar-refractivity contribution < 1.29 is 23.0 Å². The zero-order valence-corrected chi connectivity index (χ0v) is 12.7. The maximum Gasteiger partial charge on any atom is 0.416 e. The Balaban J connectivity index is 1.92. The van der Waals surface area contributed by atoms with Crippen LogP contribution in [0.25, 0.3) is 0 Å². The summed E-state index contributed by atoms with van der Waals surface area (Å²) in [7, 11) is 2.01. The fourth-order valence-corrected chi connectivity index (χ4v) is 3.65. The Labute approximate surface area is 127 Å². The molecule has 2 aliphatic heterocycles. The molecule has 122 valence electrons. The van der Waals surface area contributed by atoms with Crippen LogP contribution in [-0.4, -0.2) is 42.4 Å². The number of likely N-dealkylation sites (N-methyl/N-ethyl adjacent to an activating group) is 1. The number of fused-ring (bicyclic) bond motifs is 2. The van der Waals surface area contributed by atoms with Gasteiger partial charge in [-0.15, -0.1) is 0 Å². The Morgan fingerprint density at radius 3 is 2.32 bits per heavy atom. The Kier molecular flexibility index (Phi) is 3.74. The van der Waals surface area contributed by atoms with Gasteiger partial charge in [-0.1, -0.05) is 12.1 Å². The summed E-state index contributed by atoms with van der Waals surface area (Å²) in [6, 6.07) is 4.16. The molecule has 0 amide bonds. The first-order valence-electron chi connectivity index (χ1n) is 7.41. The van der Waals surface area contributed by atoms with E-state index in [2.05, 4.69) is 4.90 Å². The van der Waals surface area contributed by atoms with Crippen molar-refractivity contribution in [2.24, 2.45) is 0 Å². The quantitative estimate of drug-likeness (QED) is 0.865. The number of hydrogen-bond donors (Lipinski definition) is 1. The summed E-state index contributed by atoms with van der Waals surface area (Å²) in [6.45, 7) is 2.54. The van der Waals surface area contributed by atoms with Gasteiger partial charge >= 0.3 is 6.18 Å². The number of morpholine rings is 1. The Bertz CT molecular complexity index is 559. The second-order valence-corrected chi connectivity index (χ2v) is 6.48. The van der Waals surface area contributed by atoms with Crippen LogP contribution in [0.5, 0.6) is 0 Å². The average Bonchev–Trinajstić information content (AvgIpc) is 2.39. The number of nitrogens with zero attached hydrogens (tertiary/aromatic N) is 1. The van der Waals surface area contributed by atoms with E-state index < -0.39 is 17.3 Å². The lowest BCUT2D eigenvalue weighted by molar-refractivity contribution is -0.140. The number of aryl methyl sites for hydroxylation is 1. The van der Waals surface area contributed by atoms with Gasteiger partial charge in [0.15, 0.2) is 0 Å². The number of benzene rings is 1. The molecule has 0 spiro atoms. The molecule has 2 bridgehead atoms. The third kappa shape index (κ3) is 2.64. The molecule has 0 aromatic heterocycles. The highest BCUT2D eigenvalue weighted by Gasteiger charge is 2.46. The molecule has 2 fully saturated rings. The maximum atomic E-state index is 12.9.